The van der Waals surface area contributed by atoms with Gasteiger partial charge in [0.25, 0.3) is 5.91 Å². The number of nitrogens with zero attached hydrogens (tertiary/aromatic N) is 1. The van der Waals surface area contributed by atoms with Gasteiger partial charge in [-0.1, -0.05) is 0 Å². The maximum Gasteiger partial charge on any atom is 0.261 e. The number of carbonyl (C=O) groups excluding carboxylic acids is 1. The number of carbonyl (C=O) groups is 1. The molecular weight excluding hydrogens is 198 g/mol. The SMILES string of the molecule is CCNC(=O)c1sc(N)c(C#N)c1C. The molecule has 0 radical (unpaired) electrons. The lowest BCUT2D eigenvalue weighted by Crippen LogP contribution is -2.22. The smallest absolute Gasteiger partial charge is 0.261 e. The van der Waals surface area contributed by atoms with Gasteiger partial charge in [-0.25, -0.2) is 0 Å². The third kappa shape index (κ3) is 1.70. The van der Waals surface area contributed by atoms with Crippen molar-refractivity contribution in [2.45, 2.75) is 13.8 Å². The van der Waals surface area contributed by atoms with Gasteiger partial charge in [-0.2, -0.15) is 5.26 Å². The van der Waals surface area contributed by atoms with Crippen LogP contribution in [-0.4, -0.2) is 12.5 Å². The Morgan fingerprint density at radius 2 is 2.36 bits per heavy atom. The highest BCUT2D eigenvalue weighted by molar-refractivity contribution is 7.18. The molecule has 0 aliphatic carbocycles. The number of thiophene rings is 1. The van der Waals surface area contributed by atoms with E-state index in [0.29, 0.717) is 27.5 Å². The Balaban J connectivity index is 3.13. The van der Waals surface area contributed by atoms with Gasteiger partial charge in [-0.15, -0.1) is 11.3 Å². The van der Waals surface area contributed by atoms with Gasteiger partial charge in [0.2, 0.25) is 0 Å². The zero-order chi connectivity index (χ0) is 10.7. The first kappa shape index (κ1) is 10.5. The fourth-order valence-corrected chi connectivity index (χ4v) is 2.07. The lowest BCUT2D eigenvalue weighted by molar-refractivity contribution is 0.0959. The summed E-state index contributed by atoms with van der Waals surface area (Å²) >= 11 is 1.16. The first-order valence-electron chi connectivity index (χ1n) is 4.19. The summed E-state index contributed by atoms with van der Waals surface area (Å²) in [4.78, 5) is 12.0. The van der Waals surface area contributed by atoms with E-state index in [9.17, 15) is 4.79 Å². The third-order valence-electron chi connectivity index (χ3n) is 1.83. The summed E-state index contributed by atoms with van der Waals surface area (Å²) in [7, 11) is 0. The molecule has 4 nitrogen and oxygen atoms in total. The molecule has 74 valence electrons. The number of nitrogens with one attached hydrogen (secondary N) is 1. The molecule has 5 heteroatoms. The van der Waals surface area contributed by atoms with Crippen LogP contribution in [0.4, 0.5) is 5.00 Å². The molecule has 1 amide bonds. The second kappa shape index (κ2) is 4.11. The van der Waals surface area contributed by atoms with Gasteiger partial charge >= 0.3 is 0 Å². The van der Waals surface area contributed by atoms with Gasteiger partial charge in [0, 0.05) is 6.54 Å². The lowest BCUT2D eigenvalue weighted by atomic mass is 10.2. The lowest BCUT2D eigenvalue weighted by Gasteiger charge is -1.99. The number of nitrogen functional groups attached to an aromatic ring is 1. The summed E-state index contributed by atoms with van der Waals surface area (Å²) in [6.07, 6.45) is 0. The molecule has 0 aliphatic rings. The van der Waals surface area contributed by atoms with Crippen molar-refractivity contribution in [3.8, 4) is 6.07 Å². The maximum atomic E-state index is 11.5. The van der Waals surface area contributed by atoms with Crippen LogP contribution in [0.2, 0.25) is 0 Å². The van der Waals surface area contributed by atoms with Crippen molar-refractivity contribution in [2.24, 2.45) is 0 Å². The Morgan fingerprint density at radius 3 is 2.79 bits per heavy atom. The van der Waals surface area contributed by atoms with Gasteiger partial charge in [0.05, 0.1) is 10.4 Å². The molecule has 1 aromatic rings. The van der Waals surface area contributed by atoms with Crippen LogP contribution in [0.1, 0.15) is 27.7 Å². The predicted molar refractivity (Wildman–Crippen MR) is 56.2 cm³/mol. The summed E-state index contributed by atoms with van der Waals surface area (Å²) in [6.45, 7) is 4.14. The fourth-order valence-electron chi connectivity index (χ4n) is 1.13. The van der Waals surface area contributed by atoms with Crippen LogP contribution in [0.15, 0.2) is 0 Å². The summed E-state index contributed by atoms with van der Waals surface area (Å²) in [6, 6.07) is 1.99. The van der Waals surface area contributed by atoms with Crippen LogP contribution >= 0.6 is 11.3 Å². The summed E-state index contributed by atoms with van der Waals surface area (Å²) in [5, 5.41) is 11.9. The number of amides is 1. The molecule has 1 aromatic heterocycles. The zero-order valence-electron chi connectivity index (χ0n) is 8.05. The Labute approximate surface area is 86.3 Å². The Morgan fingerprint density at radius 1 is 1.71 bits per heavy atom. The van der Waals surface area contributed by atoms with Crippen molar-refractivity contribution in [1.29, 1.82) is 5.26 Å². The van der Waals surface area contributed by atoms with Crippen LogP contribution in [-0.2, 0) is 0 Å². The normalized spacial score (nSPS) is 9.50. The van der Waals surface area contributed by atoms with Crippen molar-refractivity contribution in [3.05, 3.63) is 16.0 Å². The quantitative estimate of drug-likeness (QED) is 0.769. The van der Waals surface area contributed by atoms with Gasteiger partial charge in [-0.3, -0.25) is 4.79 Å². The summed E-state index contributed by atoms with van der Waals surface area (Å²) < 4.78 is 0. The number of nitriles is 1. The predicted octanol–water partition coefficient (Wildman–Crippen LogP) is 1.26. The van der Waals surface area contributed by atoms with E-state index >= 15 is 0 Å². The second-order valence-corrected chi connectivity index (χ2v) is 3.82. The Bertz CT molecular complexity index is 403. The van der Waals surface area contributed by atoms with E-state index in [1.165, 1.54) is 0 Å². The first-order valence-corrected chi connectivity index (χ1v) is 5.00. The fraction of sp³-hybridized carbons (Fsp3) is 0.333. The van der Waals surface area contributed by atoms with Crippen molar-refractivity contribution >= 4 is 22.2 Å². The third-order valence-corrected chi connectivity index (χ3v) is 2.95. The maximum absolute atomic E-state index is 11.5. The van der Waals surface area contributed by atoms with Crippen molar-refractivity contribution in [1.82, 2.24) is 5.32 Å². The summed E-state index contributed by atoms with van der Waals surface area (Å²) in [5.74, 6) is -0.164. The molecule has 3 N–H and O–H groups in total. The monoisotopic (exact) mass is 209 g/mol. The summed E-state index contributed by atoms with van der Waals surface area (Å²) in [5.41, 5.74) is 6.68. The topological polar surface area (TPSA) is 78.9 Å². The molecule has 0 unspecified atom stereocenters. The number of rotatable bonds is 2. The largest absolute Gasteiger partial charge is 0.389 e. The molecule has 0 atom stereocenters. The number of hydrogen-bond acceptors (Lipinski definition) is 4. The molecule has 1 rings (SSSR count). The van der Waals surface area contributed by atoms with Crippen LogP contribution < -0.4 is 11.1 Å². The average Bonchev–Trinajstić information content (AvgIpc) is 2.42. The molecule has 0 aliphatic heterocycles. The zero-order valence-corrected chi connectivity index (χ0v) is 8.86. The molecular formula is C9H11N3OS. The van der Waals surface area contributed by atoms with Gasteiger partial charge in [-0.05, 0) is 19.4 Å². The van der Waals surface area contributed by atoms with Crippen molar-refractivity contribution in [2.75, 3.05) is 12.3 Å². The van der Waals surface area contributed by atoms with Crippen LogP contribution in [0.25, 0.3) is 0 Å². The van der Waals surface area contributed by atoms with Crippen LogP contribution in [0.5, 0.6) is 0 Å². The highest BCUT2D eigenvalue weighted by Crippen LogP contribution is 2.29. The van der Waals surface area contributed by atoms with Gasteiger partial charge < -0.3 is 11.1 Å². The Kier molecular flexibility index (Phi) is 3.10. The van der Waals surface area contributed by atoms with E-state index in [-0.39, 0.29) is 5.91 Å². The number of hydrogen-bond donors (Lipinski definition) is 2. The highest BCUT2D eigenvalue weighted by atomic mass is 32.1. The average molecular weight is 209 g/mol. The Hall–Kier alpha value is -1.54. The van der Waals surface area contributed by atoms with E-state index in [2.05, 4.69) is 5.32 Å². The highest BCUT2D eigenvalue weighted by Gasteiger charge is 2.17. The standard InChI is InChI=1S/C9H11N3OS/c1-3-12-9(13)7-5(2)6(4-10)8(11)14-7/h3,11H2,1-2H3,(H,12,13). The van der Waals surface area contributed by atoms with E-state index in [4.69, 9.17) is 11.0 Å². The van der Waals surface area contributed by atoms with Gasteiger partial charge in [0.15, 0.2) is 0 Å². The minimum atomic E-state index is -0.164. The molecule has 0 fully saturated rings. The number of anilines is 1. The minimum Gasteiger partial charge on any atom is -0.389 e. The molecule has 0 saturated heterocycles. The van der Waals surface area contributed by atoms with Crippen molar-refractivity contribution < 1.29 is 4.79 Å². The second-order valence-electron chi connectivity index (χ2n) is 2.77. The van der Waals surface area contributed by atoms with Gasteiger partial charge in [0.1, 0.15) is 11.1 Å². The van der Waals surface area contributed by atoms with E-state index in [1.54, 1.807) is 6.92 Å². The van der Waals surface area contributed by atoms with E-state index < -0.39 is 0 Å². The molecule has 0 saturated carbocycles. The molecule has 0 aromatic carbocycles. The minimum absolute atomic E-state index is 0.164. The molecule has 0 spiro atoms. The van der Waals surface area contributed by atoms with Crippen LogP contribution in [0.3, 0.4) is 0 Å². The first-order chi connectivity index (χ1) is 6.61. The molecule has 1 heterocycles. The van der Waals surface area contributed by atoms with E-state index in [1.807, 2.05) is 13.0 Å². The number of nitrogens with two attached hydrogens (primary N) is 1. The van der Waals surface area contributed by atoms with Crippen molar-refractivity contribution in [3.63, 3.8) is 0 Å². The molecule has 14 heavy (non-hydrogen) atoms. The molecule has 0 bridgehead atoms. The van der Waals surface area contributed by atoms with E-state index in [0.717, 1.165) is 11.3 Å². The van der Waals surface area contributed by atoms with Crippen LogP contribution in [0, 0.1) is 18.3 Å².